The van der Waals surface area contributed by atoms with E-state index in [9.17, 15) is 4.39 Å². The number of pyridine rings is 1. The van der Waals surface area contributed by atoms with Crippen molar-refractivity contribution in [2.24, 2.45) is 0 Å². The van der Waals surface area contributed by atoms with E-state index in [0.29, 0.717) is 23.4 Å². The van der Waals surface area contributed by atoms with Gasteiger partial charge in [-0.15, -0.1) is 0 Å². The second-order valence-electron chi connectivity index (χ2n) is 4.74. The highest BCUT2D eigenvalue weighted by Crippen LogP contribution is 2.26. The first-order chi connectivity index (χ1) is 9.54. The zero-order valence-electron chi connectivity index (χ0n) is 11.4. The van der Waals surface area contributed by atoms with E-state index in [1.54, 1.807) is 12.1 Å². The van der Waals surface area contributed by atoms with Gasteiger partial charge in [0.25, 0.3) is 0 Å². The molecule has 2 rings (SSSR count). The second kappa shape index (κ2) is 6.68. The number of halogens is 2. The molecule has 1 N–H and O–H groups in total. The van der Waals surface area contributed by atoms with Crippen LogP contribution in [0.3, 0.4) is 0 Å². The summed E-state index contributed by atoms with van der Waals surface area (Å²) >= 11 is 5.80. The molecular formula is C15H16ClFN2O. The van der Waals surface area contributed by atoms with E-state index in [1.807, 2.05) is 19.9 Å². The average molecular weight is 295 g/mol. The first kappa shape index (κ1) is 14.8. The molecule has 0 bridgehead atoms. The molecular weight excluding hydrogens is 279 g/mol. The zero-order valence-corrected chi connectivity index (χ0v) is 12.1. The Morgan fingerprint density at radius 1 is 1.30 bits per heavy atom. The number of benzene rings is 1. The van der Waals surface area contributed by atoms with Gasteiger partial charge >= 0.3 is 0 Å². The van der Waals surface area contributed by atoms with Crippen molar-refractivity contribution in [1.82, 2.24) is 10.3 Å². The van der Waals surface area contributed by atoms with Crippen LogP contribution in [0.25, 0.3) is 0 Å². The van der Waals surface area contributed by atoms with E-state index < -0.39 is 5.82 Å². The fraction of sp³-hybridized carbons (Fsp3) is 0.267. The smallest absolute Gasteiger partial charge is 0.166 e. The van der Waals surface area contributed by atoms with E-state index in [2.05, 4.69) is 10.3 Å². The molecule has 1 aromatic carbocycles. The number of rotatable bonds is 5. The highest BCUT2D eigenvalue weighted by atomic mass is 35.5. The van der Waals surface area contributed by atoms with Gasteiger partial charge < -0.3 is 10.1 Å². The molecule has 106 valence electrons. The first-order valence-electron chi connectivity index (χ1n) is 6.35. The number of ether oxygens (including phenoxy) is 1. The normalized spacial score (nSPS) is 10.8. The van der Waals surface area contributed by atoms with Crippen LogP contribution in [0.5, 0.6) is 11.5 Å². The van der Waals surface area contributed by atoms with E-state index in [0.717, 1.165) is 5.56 Å². The Labute approximate surface area is 122 Å². The molecule has 0 aliphatic rings. The van der Waals surface area contributed by atoms with Crippen molar-refractivity contribution >= 4 is 11.6 Å². The molecule has 0 atom stereocenters. The van der Waals surface area contributed by atoms with E-state index >= 15 is 0 Å². The standard InChI is InChI=1S/C15H16ClFN2O/c1-10(2)19-7-11-3-4-15(14(17)5-11)20-13-6-12(16)8-18-9-13/h3-6,8-10,19H,7H2,1-2H3. The van der Waals surface area contributed by atoms with Crippen molar-refractivity contribution in [3.63, 3.8) is 0 Å². The summed E-state index contributed by atoms with van der Waals surface area (Å²) in [4.78, 5) is 3.89. The predicted molar refractivity (Wildman–Crippen MR) is 77.7 cm³/mol. The molecule has 2 aromatic rings. The van der Waals surface area contributed by atoms with Crippen molar-refractivity contribution < 1.29 is 9.13 Å². The van der Waals surface area contributed by atoms with Crippen LogP contribution in [0, 0.1) is 5.82 Å². The van der Waals surface area contributed by atoms with Gasteiger partial charge in [-0.25, -0.2) is 4.39 Å². The molecule has 1 aromatic heterocycles. The Bertz CT molecular complexity index is 590. The Balaban J connectivity index is 2.09. The molecule has 0 saturated heterocycles. The maximum absolute atomic E-state index is 14.0. The van der Waals surface area contributed by atoms with Gasteiger partial charge in [0.15, 0.2) is 11.6 Å². The van der Waals surface area contributed by atoms with Crippen LogP contribution in [-0.2, 0) is 6.54 Å². The van der Waals surface area contributed by atoms with Gasteiger partial charge in [-0.1, -0.05) is 31.5 Å². The molecule has 0 saturated carbocycles. The van der Waals surface area contributed by atoms with Crippen LogP contribution in [0.15, 0.2) is 36.7 Å². The molecule has 0 fully saturated rings. The molecule has 3 nitrogen and oxygen atoms in total. The number of hydrogen-bond acceptors (Lipinski definition) is 3. The summed E-state index contributed by atoms with van der Waals surface area (Å²) in [6.45, 7) is 4.70. The summed E-state index contributed by atoms with van der Waals surface area (Å²) in [7, 11) is 0. The van der Waals surface area contributed by atoms with E-state index in [4.69, 9.17) is 16.3 Å². The lowest BCUT2D eigenvalue weighted by Gasteiger charge is -2.10. The minimum Gasteiger partial charge on any atom is -0.453 e. The van der Waals surface area contributed by atoms with Gasteiger partial charge in [0.2, 0.25) is 0 Å². The summed E-state index contributed by atoms with van der Waals surface area (Å²) in [5.74, 6) is 0.153. The zero-order chi connectivity index (χ0) is 14.5. The quantitative estimate of drug-likeness (QED) is 0.899. The Morgan fingerprint density at radius 3 is 2.75 bits per heavy atom. The first-order valence-corrected chi connectivity index (χ1v) is 6.72. The van der Waals surface area contributed by atoms with Gasteiger partial charge in [0.05, 0.1) is 11.2 Å². The highest BCUT2D eigenvalue weighted by Gasteiger charge is 2.07. The summed E-state index contributed by atoms with van der Waals surface area (Å²) in [5, 5.41) is 3.68. The Morgan fingerprint density at radius 2 is 2.10 bits per heavy atom. The third kappa shape index (κ3) is 4.18. The number of hydrogen-bond donors (Lipinski definition) is 1. The summed E-state index contributed by atoms with van der Waals surface area (Å²) in [6.07, 6.45) is 2.98. The molecule has 20 heavy (non-hydrogen) atoms. The lowest BCUT2D eigenvalue weighted by molar-refractivity contribution is 0.439. The fourth-order valence-electron chi connectivity index (χ4n) is 1.63. The van der Waals surface area contributed by atoms with Crippen LogP contribution < -0.4 is 10.1 Å². The molecule has 0 amide bonds. The van der Waals surface area contributed by atoms with Crippen molar-refractivity contribution in [1.29, 1.82) is 0 Å². The van der Waals surface area contributed by atoms with E-state index in [1.165, 1.54) is 18.5 Å². The third-order valence-corrected chi connectivity index (χ3v) is 2.83. The minimum atomic E-state index is -0.409. The molecule has 5 heteroatoms. The Hall–Kier alpha value is -1.65. The molecule has 0 unspecified atom stereocenters. The van der Waals surface area contributed by atoms with Crippen LogP contribution in [0.4, 0.5) is 4.39 Å². The number of aromatic nitrogens is 1. The summed E-state index contributed by atoms with van der Waals surface area (Å²) in [6, 6.07) is 6.83. The van der Waals surface area contributed by atoms with Crippen molar-refractivity contribution in [2.45, 2.75) is 26.4 Å². The van der Waals surface area contributed by atoms with Crippen molar-refractivity contribution in [3.8, 4) is 11.5 Å². The van der Waals surface area contributed by atoms with Crippen LogP contribution in [-0.4, -0.2) is 11.0 Å². The van der Waals surface area contributed by atoms with Crippen LogP contribution in [0.1, 0.15) is 19.4 Å². The van der Waals surface area contributed by atoms with Gasteiger partial charge in [0, 0.05) is 24.8 Å². The Kier molecular flexibility index (Phi) is 4.93. The highest BCUT2D eigenvalue weighted by molar-refractivity contribution is 6.30. The molecule has 0 spiro atoms. The lowest BCUT2D eigenvalue weighted by Crippen LogP contribution is -2.21. The van der Waals surface area contributed by atoms with E-state index in [-0.39, 0.29) is 5.75 Å². The SMILES string of the molecule is CC(C)NCc1ccc(Oc2cncc(Cl)c2)c(F)c1. The maximum Gasteiger partial charge on any atom is 0.166 e. The molecule has 0 radical (unpaired) electrons. The average Bonchev–Trinajstić information content (AvgIpc) is 2.39. The number of nitrogens with zero attached hydrogens (tertiary/aromatic N) is 1. The number of nitrogens with one attached hydrogen (secondary N) is 1. The fourth-order valence-corrected chi connectivity index (χ4v) is 1.80. The van der Waals surface area contributed by atoms with Gasteiger partial charge in [-0.05, 0) is 17.7 Å². The third-order valence-electron chi connectivity index (χ3n) is 2.62. The maximum atomic E-state index is 14.0. The summed E-state index contributed by atoms with van der Waals surface area (Å²) in [5.41, 5.74) is 0.868. The van der Waals surface area contributed by atoms with Gasteiger partial charge in [0.1, 0.15) is 5.75 Å². The largest absolute Gasteiger partial charge is 0.453 e. The van der Waals surface area contributed by atoms with Crippen molar-refractivity contribution in [3.05, 3.63) is 53.1 Å². The van der Waals surface area contributed by atoms with Gasteiger partial charge in [-0.2, -0.15) is 0 Å². The topological polar surface area (TPSA) is 34.1 Å². The lowest BCUT2D eigenvalue weighted by atomic mass is 10.2. The van der Waals surface area contributed by atoms with Crippen LogP contribution >= 0.6 is 11.6 Å². The molecule has 1 heterocycles. The molecule has 0 aliphatic heterocycles. The monoisotopic (exact) mass is 294 g/mol. The molecule has 0 aliphatic carbocycles. The van der Waals surface area contributed by atoms with Crippen molar-refractivity contribution in [2.75, 3.05) is 0 Å². The summed E-state index contributed by atoms with van der Waals surface area (Å²) < 4.78 is 19.4. The van der Waals surface area contributed by atoms with Gasteiger partial charge in [-0.3, -0.25) is 4.98 Å². The predicted octanol–water partition coefficient (Wildman–Crippen LogP) is 4.16. The second-order valence-corrected chi connectivity index (χ2v) is 5.18. The van der Waals surface area contributed by atoms with Crippen LogP contribution in [0.2, 0.25) is 5.02 Å². The minimum absolute atomic E-state index is 0.155.